The standard InChI is InChI=1S/C23H26F3N5O2/c1-30(2)13-4-14-33-21-10-9-18(15-19(21)20-11-12-27-31(20)3)29-22(32)28-17-7-5-16(6-8-17)23(24,25)26/h5-12,15H,4,13-14H2,1-3H3,(H2,28,29,32). The largest absolute Gasteiger partial charge is 0.493 e. The summed E-state index contributed by atoms with van der Waals surface area (Å²) >= 11 is 0. The molecule has 0 aliphatic carbocycles. The number of benzene rings is 2. The van der Waals surface area contributed by atoms with Gasteiger partial charge < -0.3 is 20.3 Å². The zero-order chi connectivity index (χ0) is 24.0. The highest BCUT2D eigenvalue weighted by Gasteiger charge is 2.30. The van der Waals surface area contributed by atoms with Gasteiger partial charge in [-0.15, -0.1) is 0 Å². The third-order valence-electron chi connectivity index (χ3n) is 4.81. The van der Waals surface area contributed by atoms with E-state index in [1.165, 1.54) is 12.1 Å². The molecule has 0 spiro atoms. The van der Waals surface area contributed by atoms with Crippen LogP contribution < -0.4 is 15.4 Å². The van der Waals surface area contributed by atoms with Gasteiger partial charge in [-0.1, -0.05) is 0 Å². The van der Waals surface area contributed by atoms with Crippen LogP contribution in [-0.4, -0.2) is 48.0 Å². The fraction of sp³-hybridized carbons (Fsp3) is 0.304. The van der Waals surface area contributed by atoms with Crippen molar-refractivity contribution in [2.45, 2.75) is 12.6 Å². The van der Waals surface area contributed by atoms with E-state index in [0.29, 0.717) is 18.0 Å². The quantitative estimate of drug-likeness (QED) is 0.459. The molecule has 0 atom stereocenters. The Labute approximate surface area is 190 Å². The van der Waals surface area contributed by atoms with Crippen molar-refractivity contribution in [2.75, 3.05) is 37.9 Å². The third kappa shape index (κ3) is 6.72. The van der Waals surface area contributed by atoms with Crippen LogP contribution in [-0.2, 0) is 13.2 Å². The molecule has 0 saturated carbocycles. The molecule has 33 heavy (non-hydrogen) atoms. The van der Waals surface area contributed by atoms with Crippen molar-refractivity contribution in [3.63, 3.8) is 0 Å². The van der Waals surface area contributed by atoms with E-state index >= 15 is 0 Å². The molecular formula is C23H26F3N5O2. The number of aromatic nitrogens is 2. The van der Waals surface area contributed by atoms with Gasteiger partial charge in [0.05, 0.1) is 17.9 Å². The average molecular weight is 461 g/mol. The number of urea groups is 1. The first kappa shape index (κ1) is 24.1. The van der Waals surface area contributed by atoms with Gasteiger partial charge in [-0.25, -0.2) is 4.79 Å². The number of nitrogens with zero attached hydrogens (tertiary/aromatic N) is 3. The number of rotatable bonds is 8. The normalized spacial score (nSPS) is 11.5. The minimum absolute atomic E-state index is 0.244. The molecule has 0 aliphatic heterocycles. The molecule has 0 saturated heterocycles. The highest BCUT2D eigenvalue weighted by molar-refractivity contribution is 6.00. The smallest absolute Gasteiger partial charge is 0.416 e. The minimum atomic E-state index is -4.43. The Hall–Kier alpha value is -3.53. The summed E-state index contributed by atoms with van der Waals surface area (Å²) in [6.07, 6.45) is -1.91. The lowest BCUT2D eigenvalue weighted by molar-refractivity contribution is -0.137. The highest BCUT2D eigenvalue weighted by Crippen LogP contribution is 2.33. The summed E-state index contributed by atoms with van der Waals surface area (Å²) in [5, 5.41) is 9.43. The molecule has 176 valence electrons. The maximum absolute atomic E-state index is 12.7. The van der Waals surface area contributed by atoms with Crippen molar-refractivity contribution >= 4 is 17.4 Å². The van der Waals surface area contributed by atoms with Crippen molar-refractivity contribution in [2.24, 2.45) is 7.05 Å². The first-order valence-corrected chi connectivity index (χ1v) is 10.3. The number of carbonyl (C=O) groups is 1. The molecule has 0 unspecified atom stereocenters. The van der Waals surface area contributed by atoms with E-state index in [0.717, 1.165) is 36.4 Å². The topological polar surface area (TPSA) is 71.4 Å². The maximum Gasteiger partial charge on any atom is 0.416 e. The fourth-order valence-electron chi connectivity index (χ4n) is 3.17. The molecule has 0 aliphatic rings. The number of hydrogen-bond acceptors (Lipinski definition) is 4. The predicted molar refractivity (Wildman–Crippen MR) is 121 cm³/mol. The molecule has 3 aromatic rings. The zero-order valence-electron chi connectivity index (χ0n) is 18.6. The summed E-state index contributed by atoms with van der Waals surface area (Å²) in [7, 11) is 5.80. The SMILES string of the molecule is CN(C)CCCOc1ccc(NC(=O)Nc2ccc(C(F)(F)F)cc2)cc1-c1ccnn1C. The van der Waals surface area contributed by atoms with E-state index < -0.39 is 17.8 Å². The molecule has 3 rings (SSSR count). The van der Waals surface area contributed by atoms with E-state index in [2.05, 4.69) is 20.6 Å². The van der Waals surface area contributed by atoms with Gasteiger partial charge in [0.2, 0.25) is 0 Å². The zero-order valence-corrected chi connectivity index (χ0v) is 18.6. The molecule has 2 aromatic carbocycles. The molecule has 10 heteroatoms. The Morgan fingerprint density at radius 3 is 2.33 bits per heavy atom. The number of nitrogens with one attached hydrogen (secondary N) is 2. The van der Waals surface area contributed by atoms with Crippen molar-refractivity contribution in [1.29, 1.82) is 0 Å². The number of anilines is 2. The van der Waals surface area contributed by atoms with Gasteiger partial charge in [0.25, 0.3) is 0 Å². The van der Waals surface area contributed by atoms with Crippen LogP contribution in [0.25, 0.3) is 11.3 Å². The fourth-order valence-corrected chi connectivity index (χ4v) is 3.17. The number of carbonyl (C=O) groups excluding carboxylic acids is 1. The number of amides is 2. The molecule has 2 N–H and O–H groups in total. The van der Waals surface area contributed by atoms with Crippen molar-refractivity contribution in [1.82, 2.24) is 14.7 Å². The van der Waals surface area contributed by atoms with E-state index in [-0.39, 0.29) is 5.69 Å². The Balaban J connectivity index is 1.72. The van der Waals surface area contributed by atoms with Crippen LogP contribution in [0.5, 0.6) is 5.75 Å². The van der Waals surface area contributed by atoms with Gasteiger partial charge in [-0.05, 0) is 69.0 Å². The van der Waals surface area contributed by atoms with Gasteiger partial charge in [0.1, 0.15) is 5.75 Å². The molecule has 0 radical (unpaired) electrons. The van der Waals surface area contributed by atoms with Crippen LogP contribution >= 0.6 is 0 Å². The summed E-state index contributed by atoms with van der Waals surface area (Å²) in [4.78, 5) is 14.5. The van der Waals surface area contributed by atoms with E-state index in [1.54, 1.807) is 29.1 Å². The van der Waals surface area contributed by atoms with Crippen LogP contribution in [0.1, 0.15) is 12.0 Å². The van der Waals surface area contributed by atoms with Crippen LogP contribution in [0, 0.1) is 0 Å². The summed E-state index contributed by atoms with van der Waals surface area (Å²) in [6.45, 7) is 1.43. The lowest BCUT2D eigenvalue weighted by atomic mass is 10.1. The Bertz CT molecular complexity index is 1080. The van der Waals surface area contributed by atoms with Gasteiger partial charge in [-0.3, -0.25) is 4.68 Å². The molecule has 1 aromatic heterocycles. The van der Waals surface area contributed by atoms with Gasteiger partial charge in [0, 0.05) is 36.7 Å². The second kappa shape index (κ2) is 10.4. The summed E-state index contributed by atoms with van der Waals surface area (Å²) in [6, 6.07) is 10.7. The number of aryl methyl sites for hydroxylation is 1. The first-order valence-electron chi connectivity index (χ1n) is 10.3. The lowest BCUT2D eigenvalue weighted by Gasteiger charge is -2.15. The molecular weight excluding hydrogens is 435 g/mol. The number of alkyl halides is 3. The number of hydrogen-bond donors (Lipinski definition) is 2. The number of ether oxygens (including phenoxy) is 1. The van der Waals surface area contributed by atoms with E-state index in [1.807, 2.05) is 27.2 Å². The minimum Gasteiger partial charge on any atom is -0.493 e. The van der Waals surface area contributed by atoms with Crippen LogP contribution in [0.3, 0.4) is 0 Å². The van der Waals surface area contributed by atoms with E-state index in [4.69, 9.17) is 4.74 Å². The summed E-state index contributed by atoms with van der Waals surface area (Å²) in [5.74, 6) is 0.658. The van der Waals surface area contributed by atoms with Crippen molar-refractivity contribution in [3.05, 3.63) is 60.3 Å². The Morgan fingerprint density at radius 2 is 1.73 bits per heavy atom. The summed E-state index contributed by atoms with van der Waals surface area (Å²) < 4.78 is 45.8. The Kier molecular flexibility index (Phi) is 7.59. The second-order valence-corrected chi connectivity index (χ2v) is 7.71. The summed E-state index contributed by atoms with van der Waals surface area (Å²) in [5.41, 5.74) is 1.52. The molecule has 0 bridgehead atoms. The van der Waals surface area contributed by atoms with Crippen molar-refractivity contribution < 1.29 is 22.7 Å². The van der Waals surface area contributed by atoms with Crippen LogP contribution in [0.15, 0.2) is 54.7 Å². The highest BCUT2D eigenvalue weighted by atomic mass is 19.4. The molecule has 7 nitrogen and oxygen atoms in total. The average Bonchev–Trinajstić information content (AvgIpc) is 3.17. The van der Waals surface area contributed by atoms with Gasteiger partial charge >= 0.3 is 12.2 Å². The first-order chi connectivity index (χ1) is 15.6. The lowest BCUT2D eigenvalue weighted by Crippen LogP contribution is -2.19. The predicted octanol–water partition coefficient (Wildman–Crippen LogP) is 5.08. The van der Waals surface area contributed by atoms with Gasteiger partial charge in [-0.2, -0.15) is 18.3 Å². The van der Waals surface area contributed by atoms with Gasteiger partial charge in [0.15, 0.2) is 0 Å². The second-order valence-electron chi connectivity index (χ2n) is 7.71. The van der Waals surface area contributed by atoms with Crippen LogP contribution in [0.2, 0.25) is 0 Å². The van der Waals surface area contributed by atoms with Crippen LogP contribution in [0.4, 0.5) is 29.3 Å². The number of halogens is 3. The molecule has 1 heterocycles. The maximum atomic E-state index is 12.7. The monoisotopic (exact) mass is 461 g/mol. The Morgan fingerprint density at radius 1 is 1.06 bits per heavy atom. The third-order valence-corrected chi connectivity index (χ3v) is 4.81. The molecule has 0 fully saturated rings. The van der Waals surface area contributed by atoms with Crippen molar-refractivity contribution in [3.8, 4) is 17.0 Å². The van der Waals surface area contributed by atoms with E-state index in [9.17, 15) is 18.0 Å². The molecule has 2 amide bonds.